The van der Waals surface area contributed by atoms with Crippen molar-refractivity contribution in [3.05, 3.63) is 59.7 Å². The largest absolute Gasteiger partial charge is 0.391 e. The number of hydrogen-bond donors (Lipinski definition) is 0. The fourth-order valence-electron chi connectivity index (χ4n) is 5.65. The van der Waals surface area contributed by atoms with E-state index >= 15 is 0 Å². The summed E-state index contributed by atoms with van der Waals surface area (Å²) in [6.45, 7) is 1.75. The molecule has 38 heavy (non-hydrogen) atoms. The van der Waals surface area contributed by atoms with E-state index in [2.05, 4.69) is 4.90 Å². The first-order valence-corrected chi connectivity index (χ1v) is 14.9. The Bertz CT molecular complexity index is 1210. The topological polar surface area (TPSA) is 66.9 Å². The number of ether oxygens (including phenoxy) is 1. The molecule has 6 nitrogen and oxygen atoms in total. The molecule has 1 atom stereocenters. The SMILES string of the molecule is COCCc1ccc(N2CCN(C(=O)C3CCC(C(F)(F)F)CC3)[C@@H](c3ccccc3)C2)cc1S(C)(=O)=O. The number of benzene rings is 2. The zero-order valence-electron chi connectivity index (χ0n) is 21.8. The third kappa shape index (κ3) is 6.51. The number of nitrogens with zero attached hydrogens (tertiary/aromatic N) is 2. The molecule has 1 saturated heterocycles. The van der Waals surface area contributed by atoms with Crippen LogP contribution in [-0.4, -0.2) is 65.0 Å². The number of amides is 1. The number of carbonyl (C=O) groups is 1. The third-order valence-corrected chi connectivity index (χ3v) is 8.96. The second kappa shape index (κ2) is 11.7. The molecule has 0 unspecified atom stereocenters. The Morgan fingerprint density at radius 3 is 2.32 bits per heavy atom. The van der Waals surface area contributed by atoms with Crippen molar-refractivity contribution in [3.63, 3.8) is 0 Å². The molecule has 0 spiro atoms. The van der Waals surface area contributed by atoms with E-state index in [0.717, 1.165) is 11.3 Å². The van der Waals surface area contributed by atoms with Gasteiger partial charge in [0.2, 0.25) is 5.91 Å². The first-order chi connectivity index (χ1) is 18.0. The first-order valence-electron chi connectivity index (χ1n) is 13.0. The number of hydrogen-bond acceptors (Lipinski definition) is 5. The van der Waals surface area contributed by atoms with Gasteiger partial charge in [-0.1, -0.05) is 36.4 Å². The zero-order chi connectivity index (χ0) is 27.5. The molecular weight excluding hydrogens is 517 g/mol. The summed E-state index contributed by atoms with van der Waals surface area (Å²) < 4.78 is 69.7. The van der Waals surface area contributed by atoms with E-state index in [1.54, 1.807) is 13.2 Å². The highest BCUT2D eigenvalue weighted by Crippen LogP contribution is 2.41. The maximum Gasteiger partial charge on any atom is 0.391 e. The summed E-state index contributed by atoms with van der Waals surface area (Å²) in [6, 6.07) is 14.7. The smallest absolute Gasteiger partial charge is 0.384 e. The van der Waals surface area contributed by atoms with Crippen LogP contribution in [0.4, 0.5) is 18.9 Å². The van der Waals surface area contributed by atoms with E-state index in [9.17, 15) is 26.4 Å². The lowest BCUT2D eigenvalue weighted by Gasteiger charge is -2.44. The lowest BCUT2D eigenvalue weighted by Crippen LogP contribution is -2.52. The van der Waals surface area contributed by atoms with E-state index < -0.39 is 27.8 Å². The number of methoxy groups -OCH3 is 1. The zero-order valence-corrected chi connectivity index (χ0v) is 22.6. The molecule has 2 aliphatic rings. The minimum absolute atomic E-state index is 0.0143. The molecule has 208 valence electrons. The van der Waals surface area contributed by atoms with Crippen LogP contribution in [-0.2, 0) is 25.8 Å². The van der Waals surface area contributed by atoms with Crippen LogP contribution in [0.15, 0.2) is 53.4 Å². The van der Waals surface area contributed by atoms with Crippen LogP contribution in [0.3, 0.4) is 0 Å². The van der Waals surface area contributed by atoms with Gasteiger partial charge in [-0.3, -0.25) is 4.79 Å². The highest BCUT2D eigenvalue weighted by atomic mass is 32.2. The predicted molar refractivity (Wildman–Crippen MR) is 140 cm³/mol. The molecule has 1 aliphatic carbocycles. The summed E-state index contributed by atoms with van der Waals surface area (Å²) in [5.74, 6) is -1.83. The van der Waals surface area contributed by atoms with Crippen LogP contribution in [0.25, 0.3) is 0 Å². The van der Waals surface area contributed by atoms with Crippen molar-refractivity contribution >= 4 is 21.4 Å². The number of halogens is 3. The van der Waals surface area contributed by atoms with Crippen LogP contribution in [0.5, 0.6) is 0 Å². The van der Waals surface area contributed by atoms with Gasteiger partial charge in [0.05, 0.1) is 23.5 Å². The summed E-state index contributed by atoms with van der Waals surface area (Å²) in [5, 5.41) is 0. The molecule has 1 saturated carbocycles. The maximum absolute atomic E-state index is 13.6. The van der Waals surface area contributed by atoms with Crippen LogP contribution < -0.4 is 4.90 Å². The summed E-state index contributed by atoms with van der Waals surface area (Å²) in [4.78, 5) is 17.8. The normalized spacial score (nSPS) is 22.9. The molecule has 0 radical (unpaired) electrons. The van der Waals surface area contributed by atoms with E-state index in [1.807, 2.05) is 47.4 Å². The fraction of sp³-hybridized carbons (Fsp3) is 0.536. The van der Waals surface area contributed by atoms with Crippen molar-refractivity contribution in [1.29, 1.82) is 0 Å². The van der Waals surface area contributed by atoms with E-state index in [4.69, 9.17) is 4.74 Å². The average molecular weight is 553 g/mol. The van der Waals surface area contributed by atoms with Crippen LogP contribution in [0, 0.1) is 11.8 Å². The fourth-order valence-corrected chi connectivity index (χ4v) is 6.63. The average Bonchev–Trinajstić information content (AvgIpc) is 2.90. The number of anilines is 1. The second-order valence-electron chi connectivity index (χ2n) is 10.3. The van der Waals surface area contributed by atoms with Crippen molar-refractivity contribution in [3.8, 4) is 0 Å². The molecular formula is C28H35F3N2O4S. The van der Waals surface area contributed by atoms with E-state index in [0.29, 0.717) is 38.2 Å². The monoisotopic (exact) mass is 552 g/mol. The Kier molecular flexibility index (Phi) is 8.72. The molecule has 0 bridgehead atoms. The van der Waals surface area contributed by atoms with Crippen molar-refractivity contribution in [2.24, 2.45) is 11.8 Å². The molecule has 2 aromatic carbocycles. The van der Waals surface area contributed by atoms with Gasteiger partial charge < -0.3 is 14.5 Å². The van der Waals surface area contributed by atoms with Gasteiger partial charge in [0.1, 0.15) is 0 Å². The summed E-state index contributed by atoms with van der Waals surface area (Å²) in [6.07, 6.45) is -2.09. The third-order valence-electron chi connectivity index (χ3n) is 7.78. The van der Waals surface area contributed by atoms with Crippen molar-refractivity contribution < 1.29 is 31.1 Å². The number of carbonyl (C=O) groups excluding carboxylic acids is 1. The van der Waals surface area contributed by atoms with Gasteiger partial charge in [0, 0.05) is 44.6 Å². The van der Waals surface area contributed by atoms with Gasteiger partial charge in [-0.05, 0) is 55.4 Å². The Morgan fingerprint density at radius 2 is 1.71 bits per heavy atom. The molecule has 10 heteroatoms. The van der Waals surface area contributed by atoms with Gasteiger partial charge in [-0.25, -0.2) is 8.42 Å². The predicted octanol–water partition coefficient (Wildman–Crippen LogP) is 5.04. The maximum atomic E-state index is 13.6. The lowest BCUT2D eigenvalue weighted by atomic mass is 9.80. The van der Waals surface area contributed by atoms with E-state index in [-0.39, 0.29) is 42.5 Å². The van der Waals surface area contributed by atoms with Crippen molar-refractivity contribution in [1.82, 2.24) is 4.90 Å². The highest BCUT2D eigenvalue weighted by molar-refractivity contribution is 7.90. The van der Waals surface area contributed by atoms with Gasteiger partial charge >= 0.3 is 6.18 Å². The summed E-state index contributed by atoms with van der Waals surface area (Å²) in [5.41, 5.74) is 2.39. The molecule has 2 aromatic rings. The number of rotatable bonds is 7. The summed E-state index contributed by atoms with van der Waals surface area (Å²) >= 11 is 0. The number of piperazine rings is 1. The van der Waals surface area contributed by atoms with Gasteiger partial charge in [0.15, 0.2) is 9.84 Å². The lowest BCUT2D eigenvalue weighted by molar-refractivity contribution is -0.185. The van der Waals surface area contributed by atoms with Gasteiger partial charge in [-0.2, -0.15) is 13.2 Å². The molecule has 2 fully saturated rings. The molecule has 1 amide bonds. The van der Waals surface area contributed by atoms with Gasteiger partial charge in [-0.15, -0.1) is 0 Å². The molecule has 0 aromatic heterocycles. The van der Waals surface area contributed by atoms with Crippen molar-refractivity contribution in [2.45, 2.75) is 49.2 Å². The quantitative estimate of drug-likeness (QED) is 0.482. The Balaban J connectivity index is 1.57. The first kappa shape index (κ1) is 28.4. The molecule has 1 aliphatic heterocycles. The molecule has 0 N–H and O–H groups in total. The minimum atomic E-state index is -4.21. The van der Waals surface area contributed by atoms with Gasteiger partial charge in [0.25, 0.3) is 0 Å². The molecule has 1 heterocycles. The van der Waals surface area contributed by atoms with Crippen molar-refractivity contribution in [2.75, 3.05) is 44.5 Å². The van der Waals surface area contributed by atoms with Crippen LogP contribution >= 0.6 is 0 Å². The Labute approximate surface area is 222 Å². The standard InChI is InChI=1S/C28H35F3N2O4S/c1-37-17-14-21-10-13-24(18-26(21)38(2,35)36)32-15-16-33(25(19-32)20-6-4-3-5-7-20)27(34)22-8-11-23(12-9-22)28(29,30)31/h3-7,10,13,18,22-23,25H,8-9,11-12,14-17,19H2,1-2H3/t22?,23?,25-/m1/s1. The second-order valence-corrected chi connectivity index (χ2v) is 12.3. The van der Waals surface area contributed by atoms with Crippen LogP contribution in [0.1, 0.15) is 42.9 Å². The van der Waals surface area contributed by atoms with Crippen LogP contribution in [0.2, 0.25) is 0 Å². The Hall–Kier alpha value is -2.59. The minimum Gasteiger partial charge on any atom is -0.384 e. The summed E-state index contributed by atoms with van der Waals surface area (Å²) in [7, 11) is -1.90. The number of sulfone groups is 1. The highest BCUT2D eigenvalue weighted by Gasteiger charge is 2.44. The Morgan fingerprint density at radius 1 is 1.03 bits per heavy atom. The number of alkyl halides is 3. The van der Waals surface area contributed by atoms with E-state index in [1.165, 1.54) is 6.26 Å². The molecule has 4 rings (SSSR count).